The third-order valence-electron chi connectivity index (χ3n) is 3.85. The van der Waals surface area contributed by atoms with Crippen LogP contribution in [0.5, 0.6) is 0 Å². The van der Waals surface area contributed by atoms with Crippen molar-refractivity contribution in [1.29, 1.82) is 0 Å². The zero-order valence-electron chi connectivity index (χ0n) is 13.4. The minimum Gasteiger partial charge on any atom is -0.371 e. The van der Waals surface area contributed by atoms with Gasteiger partial charge in [0.2, 0.25) is 0 Å². The molecule has 0 unspecified atom stereocenters. The fourth-order valence-corrected chi connectivity index (χ4v) is 2.75. The Labute approximate surface area is 134 Å². The van der Waals surface area contributed by atoms with Crippen LogP contribution >= 0.6 is 0 Å². The number of aryl methyl sites for hydroxylation is 2. The van der Waals surface area contributed by atoms with Crippen LogP contribution in [0.2, 0.25) is 0 Å². The lowest BCUT2D eigenvalue weighted by atomic mass is 10.1. The van der Waals surface area contributed by atoms with Crippen LogP contribution in [0.3, 0.4) is 0 Å². The Bertz CT molecular complexity index is 664. The summed E-state index contributed by atoms with van der Waals surface area (Å²) in [5.41, 5.74) is 2.10. The SMILES string of the molecule is Cc1cnn(CCNC(=O)N[C@H]2CCO[C@@H]2c2cnn(C)c2)c1. The molecule has 2 atom stereocenters. The maximum Gasteiger partial charge on any atom is 0.315 e. The van der Waals surface area contributed by atoms with Crippen LogP contribution in [0.1, 0.15) is 23.7 Å². The Morgan fingerprint density at radius 1 is 1.39 bits per heavy atom. The van der Waals surface area contributed by atoms with E-state index in [0.717, 1.165) is 17.5 Å². The molecule has 1 aliphatic rings. The monoisotopic (exact) mass is 318 g/mol. The Morgan fingerprint density at radius 3 is 2.96 bits per heavy atom. The summed E-state index contributed by atoms with van der Waals surface area (Å²) in [6.45, 7) is 3.80. The van der Waals surface area contributed by atoms with Gasteiger partial charge in [0.15, 0.2) is 0 Å². The van der Waals surface area contributed by atoms with Gasteiger partial charge in [-0.3, -0.25) is 9.36 Å². The van der Waals surface area contributed by atoms with Crippen molar-refractivity contribution >= 4 is 6.03 Å². The van der Waals surface area contributed by atoms with Crippen LogP contribution in [0.4, 0.5) is 4.79 Å². The molecule has 2 N–H and O–H groups in total. The molecule has 0 saturated carbocycles. The molecule has 2 amide bonds. The molecule has 124 valence electrons. The van der Waals surface area contributed by atoms with Crippen LogP contribution < -0.4 is 10.6 Å². The largest absolute Gasteiger partial charge is 0.371 e. The summed E-state index contributed by atoms with van der Waals surface area (Å²) in [6, 6.07) is -0.218. The normalized spacial score (nSPS) is 20.6. The number of carbonyl (C=O) groups excluding carboxylic acids is 1. The number of hydrogen-bond donors (Lipinski definition) is 2. The van der Waals surface area contributed by atoms with E-state index in [9.17, 15) is 4.79 Å². The maximum atomic E-state index is 12.0. The number of rotatable bonds is 5. The van der Waals surface area contributed by atoms with Crippen LogP contribution in [0.25, 0.3) is 0 Å². The summed E-state index contributed by atoms with van der Waals surface area (Å²) in [4.78, 5) is 12.0. The van der Waals surface area contributed by atoms with Gasteiger partial charge in [0, 0.05) is 38.2 Å². The molecule has 0 aliphatic carbocycles. The molecule has 3 heterocycles. The van der Waals surface area contributed by atoms with Crippen LogP contribution in [-0.4, -0.2) is 44.8 Å². The number of nitrogens with one attached hydrogen (secondary N) is 2. The molecule has 0 spiro atoms. The number of amides is 2. The standard InChI is InChI=1S/C15H22N6O2/c1-11-7-18-21(9-11)5-4-16-15(22)19-13-3-6-23-14(13)12-8-17-20(2)10-12/h7-10,13-14H,3-6H2,1-2H3,(H2,16,19,22)/t13-,14+/m0/s1. The van der Waals surface area contributed by atoms with Gasteiger partial charge in [-0.15, -0.1) is 0 Å². The Balaban J connectivity index is 1.47. The molecule has 0 bridgehead atoms. The van der Waals surface area contributed by atoms with Crippen molar-refractivity contribution < 1.29 is 9.53 Å². The van der Waals surface area contributed by atoms with E-state index in [-0.39, 0.29) is 18.2 Å². The summed E-state index contributed by atoms with van der Waals surface area (Å²) < 4.78 is 9.28. The summed E-state index contributed by atoms with van der Waals surface area (Å²) in [5, 5.41) is 14.2. The van der Waals surface area contributed by atoms with E-state index >= 15 is 0 Å². The van der Waals surface area contributed by atoms with E-state index < -0.39 is 0 Å². The number of hydrogen-bond acceptors (Lipinski definition) is 4. The van der Waals surface area contributed by atoms with Crippen molar-refractivity contribution in [1.82, 2.24) is 30.2 Å². The number of carbonyl (C=O) groups is 1. The van der Waals surface area contributed by atoms with E-state index in [1.165, 1.54) is 0 Å². The predicted molar refractivity (Wildman–Crippen MR) is 83.8 cm³/mol. The lowest BCUT2D eigenvalue weighted by Gasteiger charge is -2.19. The second kappa shape index (κ2) is 6.82. The highest BCUT2D eigenvalue weighted by atomic mass is 16.5. The Kier molecular flexibility index (Phi) is 4.61. The third-order valence-corrected chi connectivity index (χ3v) is 3.85. The molecular weight excluding hydrogens is 296 g/mol. The number of ether oxygens (including phenoxy) is 1. The van der Waals surface area contributed by atoms with Gasteiger partial charge in [0.05, 0.1) is 25.0 Å². The molecule has 1 aliphatic heterocycles. The smallest absolute Gasteiger partial charge is 0.315 e. The number of nitrogens with zero attached hydrogens (tertiary/aromatic N) is 4. The Hall–Kier alpha value is -2.35. The zero-order chi connectivity index (χ0) is 16.2. The minimum absolute atomic E-state index is 0.0360. The molecule has 1 fully saturated rings. The van der Waals surface area contributed by atoms with Crippen LogP contribution in [0, 0.1) is 6.92 Å². The summed E-state index contributed by atoms with van der Waals surface area (Å²) in [6.07, 6.45) is 8.11. The van der Waals surface area contributed by atoms with Gasteiger partial charge in [0.25, 0.3) is 0 Å². The molecule has 2 aromatic rings. The molecule has 3 rings (SSSR count). The third kappa shape index (κ3) is 3.89. The van der Waals surface area contributed by atoms with Gasteiger partial charge in [-0.1, -0.05) is 0 Å². The van der Waals surface area contributed by atoms with Crippen molar-refractivity contribution in [2.45, 2.75) is 32.0 Å². The van der Waals surface area contributed by atoms with Gasteiger partial charge in [-0.05, 0) is 18.9 Å². The van der Waals surface area contributed by atoms with Crippen LogP contribution in [0.15, 0.2) is 24.8 Å². The van der Waals surface area contributed by atoms with Crippen molar-refractivity contribution in [3.05, 3.63) is 35.9 Å². The highest BCUT2D eigenvalue weighted by Gasteiger charge is 2.31. The highest BCUT2D eigenvalue weighted by molar-refractivity contribution is 5.74. The maximum absolute atomic E-state index is 12.0. The fraction of sp³-hybridized carbons (Fsp3) is 0.533. The van der Waals surface area contributed by atoms with Crippen LogP contribution in [-0.2, 0) is 18.3 Å². The second-order valence-electron chi connectivity index (χ2n) is 5.81. The number of urea groups is 1. The minimum atomic E-state index is -0.182. The molecular formula is C15H22N6O2. The predicted octanol–water partition coefficient (Wildman–Crippen LogP) is 0.754. The first-order chi connectivity index (χ1) is 11.1. The number of aromatic nitrogens is 4. The Morgan fingerprint density at radius 2 is 2.26 bits per heavy atom. The molecule has 8 nitrogen and oxygen atoms in total. The first kappa shape index (κ1) is 15.5. The highest BCUT2D eigenvalue weighted by Crippen LogP contribution is 2.28. The van der Waals surface area contributed by atoms with Gasteiger partial charge in [-0.25, -0.2) is 4.79 Å². The van der Waals surface area contributed by atoms with E-state index in [1.54, 1.807) is 17.1 Å². The van der Waals surface area contributed by atoms with Crippen molar-refractivity contribution in [2.24, 2.45) is 7.05 Å². The van der Waals surface area contributed by atoms with Crippen molar-refractivity contribution in [3.63, 3.8) is 0 Å². The average molecular weight is 318 g/mol. The quantitative estimate of drug-likeness (QED) is 0.852. The van der Waals surface area contributed by atoms with Gasteiger partial charge in [0.1, 0.15) is 6.10 Å². The average Bonchev–Trinajstić information content (AvgIpc) is 3.21. The summed E-state index contributed by atoms with van der Waals surface area (Å²) >= 11 is 0. The summed E-state index contributed by atoms with van der Waals surface area (Å²) in [5.74, 6) is 0. The van der Waals surface area contributed by atoms with Crippen molar-refractivity contribution in [2.75, 3.05) is 13.2 Å². The van der Waals surface area contributed by atoms with E-state index in [4.69, 9.17) is 4.74 Å². The van der Waals surface area contributed by atoms with Crippen molar-refractivity contribution in [3.8, 4) is 0 Å². The van der Waals surface area contributed by atoms with E-state index in [0.29, 0.717) is 19.7 Å². The lowest BCUT2D eigenvalue weighted by Crippen LogP contribution is -2.44. The van der Waals surface area contributed by atoms with E-state index in [1.807, 2.05) is 31.0 Å². The van der Waals surface area contributed by atoms with Gasteiger partial charge in [-0.2, -0.15) is 10.2 Å². The van der Waals surface area contributed by atoms with Gasteiger partial charge >= 0.3 is 6.03 Å². The summed E-state index contributed by atoms with van der Waals surface area (Å²) in [7, 11) is 1.87. The first-order valence-electron chi connectivity index (χ1n) is 7.75. The van der Waals surface area contributed by atoms with Gasteiger partial charge < -0.3 is 15.4 Å². The second-order valence-corrected chi connectivity index (χ2v) is 5.81. The fourth-order valence-electron chi connectivity index (χ4n) is 2.75. The first-order valence-corrected chi connectivity index (χ1v) is 7.75. The molecule has 8 heteroatoms. The molecule has 0 aromatic carbocycles. The molecule has 0 radical (unpaired) electrons. The molecule has 23 heavy (non-hydrogen) atoms. The zero-order valence-corrected chi connectivity index (χ0v) is 13.4. The topological polar surface area (TPSA) is 86.0 Å². The molecule has 1 saturated heterocycles. The molecule has 2 aromatic heterocycles. The lowest BCUT2D eigenvalue weighted by molar-refractivity contribution is 0.0998. The van der Waals surface area contributed by atoms with E-state index in [2.05, 4.69) is 20.8 Å².